The highest BCUT2D eigenvalue weighted by atomic mass is 35.5. The van der Waals surface area contributed by atoms with Crippen molar-refractivity contribution in [3.8, 4) is 23.5 Å². The van der Waals surface area contributed by atoms with E-state index in [1.54, 1.807) is 48.5 Å². The van der Waals surface area contributed by atoms with Gasteiger partial charge in [-0.05, 0) is 36.4 Å². The van der Waals surface area contributed by atoms with E-state index in [0.29, 0.717) is 33.8 Å². The first-order valence-electron chi connectivity index (χ1n) is 8.67. The zero-order chi connectivity index (χ0) is 21.3. The molecule has 0 saturated carbocycles. The fraction of sp³-hybridized carbons (Fsp3) is 0.100. The number of hydrogen-bond donors (Lipinski definition) is 2. The minimum absolute atomic E-state index is 0.0421. The van der Waals surface area contributed by atoms with Crippen molar-refractivity contribution in [3.05, 3.63) is 65.2 Å². The number of urea groups is 1. The first kappa shape index (κ1) is 20.9. The number of aromatic nitrogens is 2. The smallest absolute Gasteiger partial charge is 0.339 e. The average molecular weight is 428 g/mol. The summed E-state index contributed by atoms with van der Waals surface area (Å²) in [6.07, 6.45) is 1.44. The summed E-state index contributed by atoms with van der Waals surface area (Å²) in [7, 11) is 2.96. The summed E-state index contributed by atoms with van der Waals surface area (Å²) in [5.41, 5.74) is 3.56. The number of halogens is 1. The SMILES string of the molecule is COc1cc(OC)nc(Oc2ccccc2/C=N/NC(=O)Nc2ccc(Cl)cc2)n1. The molecule has 0 radical (unpaired) electrons. The molecule has 3 rings (SSSR count). The van der Waals surface area contributed by atoms with E-state index < -0.39 is 6.03 Å². The van der Waals surface area contributed by atoms with Gasteiger partial charge in [-0.15, -0.1) is 0 Å². The molecular weight excluding hydrogens is 410 g/mol. The van der Waals surface area contributed by atoms with E-state index in [4.69, 9.17) is 25.8 Å². The number of carbonyl (C=O) groups excluding carboxylic acids is 1. The van der Waals surface area contributed by atoms with Gasteiger partial charge in [0.15, 0.2) is 0 Å². The Kier molecular flexibility index (Phi) is 7.01. The second kappa shape index (κ2) is 10.1. The molecule has 0 aliphatic heterocycles. The molecule has 30 heavy (non-hydrogen) atoms. The van der Waals surface area contributed by atoms with Crippen LogP contribution in [0.2, 0.25) is 5.02 Å². The summed E-state index contributed by atoms with van der Waals surface area (Å²) < 4.78 is 16.0. The van der Waals surface area contributed by atoms with E-state index >= 15 is 0 Å². The van der Waals surface area contributed by atoms with Crippen LogP contribution >= 0.6 is 11.6 Å². The Balaban J connectivity index is 1.67. The molecule has 1 heterocycles. The Bertz CT molecular complexity index is 1020. The monoisotopic (exact) mass is 427 g/mol. The van der Waals surface area contributed by atoms with Gasteiger partial charge in [0.2, 0.25) is 11.8 Å². The molecule has 0 atom stereocenters. The molecule has 0 aliphatic rings. The number of para-hydroxylation sites is 1. The molecule has 2 N–H and O–H groups in total. The number of benzene rings is 2. The summed E-state index contributed by atoms with van der Waals surface area (Å²) in [5, 5.41) is 7.15. The van der Waals surface area contributed by atoms with Crippen LogP contribution in [0.5, 0.6) is 23.5 Å². The third-order valence-electron chi connectivity index (χ3n) is 3.67. The largest absolute Gasteiger partial charge is 0.481 e. The van der Waals surface area contributed by atoms with Gasteiger partial charge in [-0.2, -0.15) is 15.1 Å². The highest BCUT2D eigenvalue weighted by Gasteiger charge is 2.10. The lowest BCUT2D eigenvalue weighted by molar-refractivity contribution is 0.252. The van der Waals surface area contributed by atoms with Crippen molar-refractivity contribution in [2.75, 3.05) is 19.5 Å². The summed E-state index contributed by atoms with van der Waals surface area (Å²) in [6, 6.07) is 14.8. The van der Waals surface area contributed by atoms with E-state index in [2.05, 4.69) is 25.8 Å². The van der Waals surface area contributed by atoms with Crippen molar-refractivity contribution in [1.82, 2.24) is 15.4 Å². The normalized spacial score (nSPS) is 10.5. The lowest BCUT2D eigenvalue weighted by Crippen LogP contribution is -2.24. The molecule has 154 valence electrons. The third kappa shape index (κ3) is 5.82. The lowest BCUT2D eigenvalue weighted by atomic mass is 10.2. The number of anilines is 1. The van der Waals surface area contributed by atoms with Gasteiger partial charge >= 0.3 is 12.0 Å². The second-order valence-corrected chi connectivity index (χ2v) is 6.14. The van der Waals surface area contributed by atoms with Crippen LogP contribution in [-0.2, 0) is 0 Å². The van der Waals surface area contributed by atoms with E-state index in [0.717, 1.165) is 0 Å². The van der Waals surface area contributed by atoms with Crippen molar-refractivity contribution < 1.29 is 19.0 Å². The Hall–Kier alpha value is -3.85. The molecule has 0 fully saturated rings. The number of rotatable bonds is 7. The minimum Gasteiger partial charge on any atom is -0.481 e. The predicted molar refractivity (Wildman–Crippen MR) is 113 cm³/mol. The summed E-state index contributed by atoms with van der Waals surface area (Å²) >= 11 is 5.82. The zero-order valence-electron chi connectivity index (χ0n) is 16.1. The van der Waals surface area contributed by atoms with E-state index in [1.807, 2.05) is 0 Å². The van der Waals surface area contributed by atoms with Gasteiger partial charge in [-0.3, -0.25) is 0 Å². The van der Waals surface area contributed by atoms with Crippen molar-refractivity contribution in [2.24, 2.45) is 5.10 Å². The maximum absolute atomic E-state index is 12.0. The van der Waals surface area contributed by atoms with Crippen LogP contribution < -0.4 is 25.0 Å². The zero-order valence-corrected chi connectivity index (χ0v) is 16.9. The van der Waals surface area contributed by atoms with Gasteiger partial charge in [0.1, 0.15) is 5.75 Å². The number of ether oxygens (including phenoxy) is 3. The number of nitrogens with zero attached hydrogens (tertiary/aromatic N) is 3. The van der Waals surface area contributed by atoms with E-state index in [1.165, 1.54) is 26.5 Å². The second-order valence-electron chi connectivity index (χ2n) is 5.71. The van der Waals surface area contributed by atoms with Gasteiger partial charge in [-0.25, -0.2) is 10.2 Å². The molecule has 0 bridgehead atoms. The summed E-state index contributed by atoms with van der Waals surface area (Å²) in [6.45, 7) is 0. The van der Waals surface area contributed by atoms with Crippen LogP contribution in [0, 0.1) is 0 Å². The molecule has 3 aromatic rings. The minimum atomic E-state index is -0.507. The molecule has 1 aromatic heterocycles. The number of hydrazone groups is 1. The maximum atomic E-state index is 12.0. The van der Waals surface area contributed by atoms with Crippen molar-refractivity contribution in [2.45, 2.75) is 0 Å². The molecule has 0 spiro atoms. The summed E-state index contributed by atoms with van der Waals surface area (Å²) in [5.74, 6) is 1.02. The fourth-order valence-electron chi connectivity index (χ4n) is 2.27. The molecule has 0 unspecified atom stereocenters. The quantitative estimate of drug-likeness (QED) is 0.434. The number of carbonyl (C=O) groups is 1. The predicted octanol–water partition coefficient (Wildman–Crippen LogP) is 4.10. The lowest BCUT2D eigenvalue weighted by Gasteiger charge is -2.09. The Morgan fingerprint density at radius 1 is 1.03 bits per heavy atom. The standard InChI is InChI=1S/C20H18ClN5O4/c1-28-17-11-18(29-2)25-20(24-17)30-16-6-4-3-5-13(16)12-22-26-19(27)23-15-9-7-14(21)8-10-15/h3-12H,1-2H3,(H2,23,26,27)/b22-12+. The van der Waals surface area contributed by atoms with Crippen LogP contribution in [0.25, 0.3) is 0 Å². The van der Waals surface area contributed by atoms with Crippen LogP contribution in [0.15, 0.2) is 59.7 Å². The first-order valence-corrected chi connectivity index (χ1v) is 9.05. The van der Waals surface area contributed by atoms with Crippen molar-refractivity contribution in [3.63, 3.8) is 0 Å². The van der Waals surface area contributed by atoms with Crippen LogP contribution in [0.4, 0.5) is 10.5 Å². The van der Waals surface area contributed by atoms with Crippen molar-refractivity contribution in [1.29, 1.82) is 0 Å². The molecule has 2 aromatic carbocycles. The number of nitrogens with one attached hydrogen (secondary N) is 2. The third-order valence-corrected chi connectivity index (χ3v) is 3.92. The molecule has 0 saturated heterocycles. The fourth-order valence-corrected chi connectivity index (χ4v) is 2.40. The highest BCUT2D eigenvalue weighted by molar-refractivity contribution is 6.30. The number of hydrogen-bond acceptors (Lipinski definition) is 7. The molecular formula is C20H18ClN5O4. The van der Waals surface area contributed by atoms with Crippen LogP contribution in [0.1, 0.15) is 5.56 Å². The van der Waals surface area contributed by atoms with Gasteiger partial charge < -0.3 is 19.5 Å². The van der Waals surface area contributed by atoms with E-state index in [9.17, 15) is 4.79 Å². The van der Waals surface area contributed by atoms with E-state index in [-0.39, 0.29) is 6.01 Å². The Morgan fingerprint density at radius 2 is 1.70 bits per heavy atom. The van der Waals surface area contributed by atoms with Gasteiger partial charge in [0.05, 0.1) is 26.5 Å². The molecule has 2 amide bonds. The van der Waals surface area contributed by atoms with Crippen LogP contribution in [0.3, 0.4) is 0 Å². The topological polar surface area (TPSA) is 107 Å². The molecule has 10 heteroatoms. The van der Waals surface area contributed by atoms with Crippen LogP contribution in [-0.4, -0.2) is 36.4 Å². The average Bonchev–Trinajstić information content (AvgIpc) is 2.76. The first-order chi connectivity index (χ1) is 14.6. The van der Waals surface area contributed by atoms with Gasteiger partial charge in [0.25, 0.3) is 0 Å². The van der Waals surface area contributed by atoms with Gasteiger partial charge in [0, 0.05) is 16.3 Å². The molecule has 9 nitrogen and oxygen atoms in total. The van der Waals surface area contributed by atoms with Crippen molar-refractivity contribution >= 4 is 29.5 Å². The Labute approximate surface area is 177 Å². The summed E-state index contributed by atoms with van der Waals surface area (Å²) in [4.78, 5) is 20.2. The highest BCUT2D eigenvalue weighted by Crippen LogP contribution is 2.25. The number of methoxy groups -OCH3 is 2. The molecule has 0 aliphatic carbocycles. The maximum Gasteiger partial charge on any atom is 0.339 e. The van der Waals surface area contributed by atoms with Gasteiger partial charge in [-0.1, -0.05) is 23.7 Å². The number of amides is 2. The Morgan fingerprint density at radius 3 is 2.37 bits per heavy atom.